The van der Waals surface area contributed by atoms with Crippen LogP contribution in [0.1, 0.15) is 171 Å². The van der Waals surface area contributed by atoms with Crippen molar-refractivity contribution < 1.29 is 29.7 Å². The van der Waals surface area contributed by atoms with Gasteiger partial charge in [0.1, 0.15) is 0 Å². The molecule has 0 aliphatic rings. The molecule has 0 heterocycles. The van der Waals surface area contributed by atoms with Gasteiger partial charge in [0.15, 0.2) is 17.3 Å². The minimum absolute atomic E-state index is 0. The number of allylic oxidation sites excluding steroid dienone is 30. The molecule has 1 unspecified atom stereocenters. The van der Waals surface area contributed by atoms with Gasteiger partial charge in [0.2, 0.25) is 0 Å². The van der Waals surface area contributed by atoms with Gasteiger partial charge in [0.25, 0.3) is 0 Å². The summed E-state index contributed by atoms with van der Waals surface area (Å²) in [6.07, 6.45) is 82.7. The van der Waals surface area contributed by atoms with Crippen molar-refractivity contribution in [1.29, 1.82) is 0 Å². The Bertz CT molecular complexity index is 1900. The molecule has 0 saturated carbocycles. The molecule has 6 nitrogen and oxygen atoms in total. The number of carbonyl (C=O) groups excluding carboxylic acids is 3. The van der Waals surface area contributed by atoms with Gasteiger partial charge in [-0.1, -0.05) is 269 Å². The lowest BCUT2D eigenvalue weighted by molar-refractivity contribution is -0.114. The zero-order chi connectivity index (χ0) is 54.6. The lowest BCUT2D eigenvalue weighted by atomic mass is 10.0. The van der Waals surface area contributed by atoms with E-state index >= 15 is 0 Å². The van der Waals surface area contributed by atoms with E-state index in [1.807, 2.05) is 72.9 Å². The van der Waals surface area contributed by atoms with E-state index in [2.05, 4.69) is 96.2 Å². The minimum Gasteiger partial charge on any atom is -0.389 e. The van der Waals surface area contributed by atoms with Gasteiger partial charge >= 0.3 is 0 Å². The Morgan fingerprint density at radius 3 is 1.09 bits per heavy atom. The summed E-state index contributed by atoms with van der Waals surface area (Å²) in [5.41, 5.74) is -0.862. The molecule has 0 amide bonds. The predicted molar refractivity (Wildman–Crippen MR) is 326 cm³/mol. The standard InChI is InChI=1S/C23H34O2.2C22H32O2.CH4/c1-4-6-8-10-12-16-20-23(3,25)21-17-13-11-15-19-22(24)18-14-9-7-5-2;2*1-3-5-7-9-10-14-18-22(24)20-16-12-11-15-19-21(23)17-13-8-6-4-2;/h6,8-9,11-17,19,21,25H,4-5,7,10,18,20H2,1-3H3;5,7-8,10-16,19-20,22,24H,3-4,6,9,17-18H2,1-2H3;5,7-8,10-16,19-21,23H,3-4,6,9,17-18H2,1-2H3;1H4/t;22-;21-;/m.00./s1. The Morgan fingerprint density at radius 2 is 0.703 bits per heavy atom. The first kappa shape index (κ1) is 74.7. The van der Waals surface area contributed by atoms with Crippen molar-refractivity contribution in [3.05, 3.63) is 219 Å². The van der Waals surface area contributed by atoms with E-state index in [1.54, 1.807) is 98.1 Å². The van der Waals surface area contributed by atoms with E-state index in [-0.39, 0.29) is 24.8 Å². The summed E-state index contributed by atoms with van der Waals surface area (Å²) in [4.78, 5) is 34.7. The smallest absolute Gasteiger partial charge is 0.159 e. The molecule has 6 heteroatoms. The molecule has 0 radical (unpaired) electrons. The molecule has 0 fully saturated rings. The molecule has 0 rings (SSSR count). The quantitative estimate of drug-likeness (QED) is 0.0321. The molecule has 0 aromatic rings. The number of aliphatic hydroxyl groups is 3. The molecular weight excluding hydrogens is 913 g/mol. The second kappa shape index (κ2) is 61.5. The maximum atomic E-state index is 11.6. The molecule has 0 aromatic carbocycles. The van der Waals surface area contributed by atoms with Crippen molar-refractivity contribution in [2.45, 2.75) is 189 Å². The first-order valence-electron chi connectivity index (χ1n) is 27.0. The average molecular weight is 1020 g/mol. The monoisotopic (exact) mass is 1010 g/mol. The largest absolute Gasteiger partial charge is 0.389 e. The van der Waals surface area contributed by atoms with Crippen LogP contribution in [0.4, 0.5) is 0 Å². The van der Waals surface area contributed by atoms with Gasteiger partial charge in [0, 0.05) is 19.3 Å². The fourth-order valence-electron chi connectivity index (χ4n) is 5.51. The molecule has 3 atom stereocenters. The van der Waals surface area contributed by atoms with Crippen LogP contribution in [-0.2, 0) is 14.4 Å². The molecule has 3 N–H and O–H groups in total. The lowest BCUT2D eigenvalue weighted by Crippen LogP contribution is -2.18. The second-order valence-corrected chi connectivity index (χ2v) is 17.1. The van der Waals surface area contributed by atoms with Gasteiger partial charge in [-0.15, -0.1) is 0 Å². The zero-order valence-electron chi connectivity index (χ0n) is 46.2. The summed E-state index contributed by atoms with van der Waals surface area (Å²) in [5.74, 6) is 0.272. The van der Waals surface area contributed by atoms with Crippen molar-refractivity contribution in [2.24, 2.45) is 0 Å². The number of ketones is 3. The normalized spacial score (nSPS) is 14.7. The number of unbranched alkanes of at least 4 members (excludes halogenated alkanes) is 3. The van der Waals surface area contributed by atoms with Crippen molar-refractivity contribution in [3.63, 3.8) is 0 Å². The van der Waals surface area contributed by atoms with Crippen LogP contribution in [-0.4, -0.2) is 50.5 Å². The van der Waals surface area contributed by atoms with Gasteiger partial charge < -0.3 is 15.3 Å². The van der Waals surface area contributed by atoms with Crippen LogP contribution in [0.15, 0.2) is 219 Å². The molecule has 0 spiro atoms. The van der Waals surface area contributed by atoms with Gasteiger partial charge in [-0.25, -0.2) is 0 Å². The molecule has 410 valence electrons. The highest BCUT2D eigenvalue weighted by atomic mass is 16.3. The highest BCUT2D eigenvalue weighted by Crippen LogP contribution is 2.12. The van der Waals surface area contributed by atoms with E-state index in [0.717, 1.165) is 77.0 Å². The van der Waals surface area contributed by atoms with Crippen molar-refractivity contribution in [3.8, 4) is 0 Å². The van der Waals surface area contributed by atoms with Crippen LogP contribution in [0.5, 0.6) is 0 Å². The van der Waals surface area contributed by atoms with Gasteiger partial charge in [-0.05, 0) is 102 Å². The van der Waals surface area contributed by atoms with Crippen molar-refractivity contribution in [1.82, 2.24) is 0 Å². The Morgan fingerprint density at radius 1 is 0.392 bits per heavy atom. The minimum atomic E-state index is -0.862. The molecule has 0 aliphatic heterocycles. The fourth-order valence-corrected chi connectivity index (χ4v) is 5.51. The molecule has 74 heavy (non-hydrogen) atoms. The van der Waals surface area contributed by atoms with Crippen molar-refractivity contribution in [2.75, 3.05) is 0 Å². The van der Waals surface area contributed by atoms with Crippen LogP contribution < -0.4 is 0 Å². The van der Waals surface area contributed by atoms with E-state index < -0.39 is 17.8 Å². The number of hydrogen-bond donors (Lipinski definition) is 3. The zero-order valence-corrected chi connectivity index (χ0v) is 46.2. The summed E-state index contributed by atoms with van der Waals surface area (Å²) in [6, 6.07) is 0. The Hall–Kier alpha value is -5.79. The van der Waals surface area contributed by atoms with Crippen LogP contribution in [0.25, 0.3) is 0 Å². The number of rotatable bonds is 39. The molecule has 0 aromatic heterocycles. The topological polar surface area (TPSA) is 112 Å². The maximum Gasteiger partial charge on any atom is 0.159 e. The van der Waals surface area contributed by atoms with Gasteiger partial charge in [-0.2, -0.15) is 0 Å². The first-order valence-corrected chi connectivity index (χ1v) is 27.0. The molecule has 0 bridgehead atoms. The summed E-state index contributed by atoms with van der Waals surface area (Å²) < 4.78 is 0. The van der Waals surface area contributed by atoms with Crippen LogP contribution >= 0.6 is 0 Å². The molecule has 0 aliphatic carbocycles. The van der Waals surface area contributed by atoms with Gasteiger partial charge in [0.05, 0.1) is 17.8 Å². The highest BCUT2D eigenvalue weighted by molar-refractivity contribution is 5.91. The summed E-state index contributed by atoms with van der Waals surface area (Å²) in [6.45, 7) is 14.5. The van der Waals surface area contributed by atoms with E-state index in [0.29, 0.717) is 38.5 Å². The van der Waals surface area contributed by atoms with Crippen molar-refractivity contribution >= 4 is 17.3 Å². The number of hydrogen-bond acceptors (Lipinski definition) is 6. The van der Waals surface area contributed by atoms with E-state index in [1.165, 1.54) is 0 Å². The lowest BCUT2D eigenvalue weighted by Gasteiger charge is -2.15. The third kappa shape index (κ3) is 66.2. The Kier molecular flexibility index (Phi) is 62.1. The SMILES string of the molecule is C.CCC=CCC=CCC(=O)C=CC=CC=C[C@@H](O)CC=CCCC.CCC=CCC=CCC(C)(O)C=CC=CC=CC(=O)CC=CCCC.CCC=CCC=CC[C@H](O)C=CC=CC=CC(=O)CC=CCCC. The second-order valence-electron chi connectivity index (χ2n) is 17.1. The van der Waals surface area contributed by atoms with E-state index in [9.17, 15) is 29.7 Å². The summed E-state index contributed by atoms with van der Waals surface area (Å²) >= 11 is 0. The Balaban J connectivity index is -0.000000493. The highest BCUT2D eigenvalue weighted by Gasteiger charge is 2.12. The average Bonchev–Trinajstić information content (AvgIpc) is 3.37. The fraction of sp³-hybridized carbons (Fsp3) is 0.426. The molecular formula is C68H102O6. The summed E-state index contributed by atoms with van der Waals surface area (Å²) in [7, 11) is 0. The van der Waals surface area contributed by atoms with Crippen LogP contribution in [0.3, 0.4) is 0 Å². The maximum absolute atomic E-state index is 11.6. The first-order chi connectivity index (χ1) is 35.4. The number of aliphatic hydroxyl groups excluding tert-OH is 2. The molecule has 0 saturated heterocycles. The third-order valence-electron chi connectivity index (χ3n) is 9.60. The third-order valence-corrected chi connectivity index (χ3v) is 9.60. The van der Waals surface area contributed by atoms with Gasteiger partial charge in [-0.3, -0.25) is 14.4 Å². The van der Waals surface area contributed by atoms with Crippen LogP contribution in [0.2, 0.25) is 0 Å². The Labute approximate surface area is 453 Å². The van der Waals surface area contributed by atoms with Crippen LogP contribution in [0, 0.1) is 0 Å². The summed E-state index contributed by atoms with van der Waals surface area (Å²) in [5, 5.41) is 29.7. The van der Waals surface area contributed by atoms with E-state index in [4.69, 9.17) is 0 Å². The predicted octanol–water partition coefficient (Wildman–Crippen LogP) is 17.9. The number of carbonyl (C=O) groups is 3.